The molecule has 1 fully saturated rings. The van der Waals surface area contributed by atoms with E-state index in [2.05, 4.69) is 19.2 Å². The molecule has 2 N–H and O–H groups in total. The molecule has 1 saturated carbocycles. The summed E-state index contributed by atoms with van der Waals surface area (Å²) in [4.78, 5) is 0. The third kappa shape index (κ3) is 4.43. The average molecular weight is 199 g/mol. The number of hydrogen-bond acceptors (Lipinski definition) is 2. The standard InChI is InChI=1S/C12H25NO/c1-12(2,10-14)9-13-11-7-5-3-4-6-8-11/h11,13-14H,3-10H2,1-2H3. The highest BCUT2D eigenvalue weighted by Crippen LogP contribution is 2.19. The Morgan fingerprint density at radius 3 is 2.21 bits per heavy atom. The summed E-state index contributed by atoms with van der Waals surface area (Å²) in [6.45, 7) is 5.42. The van der Waals surface area contributed by atoms with Crippen LogP contribution in [-0.2, 0) is 0 Å². The number of hydrogen-bond donors (Lipinski definition) is 2. The van der Waals surface area contributed by atoms with Gasteiger partial charge in [0.05, 0.1) is 0 Å². The van der Waals surface area contributed by atoms with Gasteiger partial charge in [0.25, 0.3) is 0 Å². The molecule has 14 heavy (non-hydrogen) atoms. The second-order valence-electron chi connectivity index (χ2n) is 5.39. The predicted octanol–water partition coefficient (Wildman–Crippen LogP) is 2.32. The maximum atomic E-state index is 9.14. The molecule has 1 rings (SSSR count). The minimum absolute atomic E-state index is 0.0340. The molecular formula is C12H25NO. The van der Waals surface area contributed by atoms with Crippen LogP contribution in [0.5, 0.6) is 0 Å². The Kier molecular flexibility index (Phi) is 4.90. The van der Waals surface area contributed by atoms with E-state index >= 15 is 0 Å². The van der Waals surface area contributed by atoms with E-state index in [1.807, 2.05) is 0 Å². The van der Waals surface area contributed by atoms with Crippen LogP contribution < -0.4 is 5.32 Å². The molecule has 1 aliphatic carbocycles. The van der Waals surface area contributed by atoms with Gasteiger partial charge in [-0.05, 0) is 12.8 Å². The Balaban J connectivity index is 2.22. The zero-order chi connectivity index (χ0) is 10.4. The first-order valence-electron chi connectivity index (χ1n) is 5.98. The van der Waals surface area contributed by atoms with E-state index in [0.717, 1.165) is 6.54 Å². The monoisotopic (exact) mass is 199 g/mol. The van der Waals surface area contributed by atoms with E-state index < -0.39 is 0 Å². The van der Waals surface area contributed by atoms with Crippen LogP contribution in [0.2, 0.25) is 0 Å². The quantitative estimate of drug-likeness (QED) is 0.681. The number of rotatable bonds is 4. The lowest BCUT2D eigenvalue weighted by Gasteiger charge is -2.26. The van der Waals surface area contributed by atoms with Crippen molar-refractivity contribution in [1.29, 1.82) is 0 Å². The van der Waals surface area contributed by atoms with E-state index in [0.29, 0.717) is 6.04 Å². The van der Waals surface area contributed by atoms with E-state index in [1.54, 1.807) is 0 Å². The predicted molar refractivity (Wildman–Crippen MR) is 60.4 cm³/mol. The van der Waals surface area contributed by atoms with Gasteiger partial charge in [0, 0.05) is 24.6 Å². The van der Waals surface area contributed by atoms with Crippen molar-refractivity contribution in [3.05, 3.63) is 0 Å². The number of nitrogens with one attached hydrogen (secondary N) is 1. The molecule has 0 heterocycles. The summed E-state index contributed by atoms with van der Waals surface area (Å²) in [7, 11) is 0. The molecule has 0 aromatic rings. The summed E-state index contributed by atoms with van der Waals surface area (Å²) in [6, 6.07) is 0.698. The van der Waals surface area contributed by atoms with Crippen LogP contribution >= 0.6 is 0 Å². The van der Waals surface area contributed by atoms with Crippen LogP contribution in [0, 0.1) is 5.41 Å². The Labute approximate surface area is 88.1 Å². The van der Waals surface area contributed by atoms with Crippen LogP contribution in [0.4, 0.5) is 0 Å². The van der Waals surface area contributed by atoms with Gasteiger partial charge >= 0.3 is 0 Å². The molecule has 0 amide bonds. The molecule has 0 aliphatic heterocycles. The van der Waals surface area contributed by atoms with Crippen LogP contribution in [0.3, 0.4) is 0 Å². The van der Waals surface area contributed by atoms with E-state index in [-0.39, 0.29) is 12.0 Å². The fourth-order valence-corrected chi connectivity index (χ4v) is 1.96. The SMILES string of the molecule is CC(C)(CO)CNC1CCCCCC1. The molecule has 0 aromatic heterocycles. The van der Waals surface area contributed by atoms with Gasteiger partial charge in [-0.3, -0.25) is 0 Å². The zero-order valence-corrected chi connectivity index (χ0v) is 9.68. The summed E-state index contributed by atoms with van der Waals surface area (Å²) in [5.41, 5.74) is 0.0340. The van der Waals surface area contributed by atoms with Crippen molar-refractivity contribution in [2.75, 3.05) is 13.2 Å². The van der Waals surface area contributed by atoms with Crippen molar-refractivity contribution in [3.63, 3.8) is 0 Å². The largest absolute Gasteiger partial charge is 0.396 e. The van der Waals surface area contributed by atoms with Crippen LogP contribution in [0.1, 0.15) is 52.4 Å². The molecule has 0 aromatic carbocycles. The van der Waals surface area contributed by atoms with Gasteiger partial charge in [0.15, 0.2) is 0 Å². The molecule has 1 aliphatic rings. The lowest BCUT2D eigenvalue weighted by atomic mass is 9.94. The van der Waals surface area contributed by atoms with Crippen molar-refractivity contribution < 1.29 is 5.11 Å². The molecule has 0 radical (unpaired) electrons. The van der Waals surface area contributed by atoms with Crippen molar-refractivity contribution in [3.8, 4) is 0 Å². The molecule has 0 bridgehead atoms. The maximum absolute atomic E-state index is 9.14. The summed E-state index contributed by atoms with van der Waals surface area (Å²) >= 11 is 0. The van der Waals surface area contributed by atoms with Crippen LogP contribution in [-0.4, -0.2) is 24.3 Å². The summed E-state index contributed by atoms with van der Waals surface area (Å²) in [5, 5.41) is 12.7. The molecule has 2 heteroatoms. The topological polar surface area (TPSA) is 32.3 Å². The summed E-state index contributed by atoms with van der Waals surface area (Å²) < 4.78 is 0. The van der Waals surface area contributed by atoms with Gasteiger partial charge in [-0.25, -0.2) is 0 Å². The minimum Gasteiger partial charge on any atom is -0.396 e. The van der Waals surface area contributed by atoms with Crippen LogP contribution in [0.15, 0.2) is 0 Å². The normalized spacial score (nSPS) is 20.8. The van der Waals surface area contributed by atoms with Crippen molar-refractivity contribution >= 4 is 0 Å². The summed E-state index contributed by atoms with van der Waals surface area (Å²) in [6.07, 6.45) is 8.20. The minimum atomic E-state index is 0.0340. The number of aliphatic hydroxyl groups excluding tert-OH is 1. The van der Waals surface area contributed by atoms with Gasteiger partial charge in [-0.15, -0.1) is 0 Å². The van der Waals surface area contributed by atoms with Gasteiger partial charge in [0.2, 0.25) is 0 Å². The van der Waals surface area contributed by atoms with Crippen molar-refractivity contribution in [2.24, 2.45) is 5.41 Å². The van der Waals surface area contributed by atoms with E-state index in [9.17, 15) is 0 Å². The Morgan fingerprint density at radius 1 is 1.14 bits per heavy atom. The first kappa shape index (κ1) is 12.0. The van der Waals surface area contributed by atoms with Gasteiger partial charge in [0.1, 0.15) is 0 Å². The molecular weight excluding hydrogens is 174 g/mol. The Bertz CT molecular complexity index is 148. The Hall–Kier alpha value is -0.0800. The summed E-state index contributed by atoms with van der Waals surface area (Å²) in [5.74, 6) is 0. The maximum Gasteiger partial charge on any atom is 0.0494 e. The molecule has 0 unspecified atom stereocenters. The fraction of sp³-hybridized carbons (Fsp3) is 1.00. The second-order valence-corrected chi connectivity index (χ2v) is 5.39. The third-order valence-corrected chi connectivity index (χ3v) is 3.15. The molecule has 2 nitrogen and oxygen atoms in total. The smallest absolute Gasteiger partial charge is 0.0494 e. The highest BCUT2D eigenvalue weighted by molar-refractivity contribution is 4.76. The van der Waals surface area contributed by atoms with E-state index in [4.69, 9.17) is 5.11 Å². The molecule has 0 spiro atoms. The van der Waals surface area contributed by atoms with Gasteiger partial charge < -0.3 is 10.4 Å². The molecule has 0 atom stereocenters. The van der Waals surface area contributed by atoms with Crippen molar-refractivity contribution in [2.45, 2.75) is 58.4 Å². The first-order chi connectivity index (χ1) is 6.64. The third-order valence-electron chi connectivity index (χ3n) is 3.15. The first-order valence-corrected chi connectivity index (χ1v) is 5.98. The van der Waals surface area contributed by atoms with Gasteiger partial charge in [-0.2, -0.15) is 0 Å². The van der Waals surface area contributed by atoms with E-state index in [1.165, 1.54) is 38.5 Å². The van der Waals surface area contributed by atoms with Gasteiger partial charge in [-0.1, -0.05) is 39.5 Å². The number of aliphatic hydroxyl groups is 1. The lowest BCUT2D eigenvalue weighted by molar-refractivity contribution is 0.152. The fourth-order valence-electron chi connectivity index (χ4n) is 1.96. The zero-order valence-electron chi connectivity index (χ0n) is 9.68. The van der Waals surface area contributed by atoms with Crippen LogP contribution in [0.25, 0.3) is 0 Å². The molecule has 0 saturated heterocycles. The second kappa shape index (κ2) is 5.72. The molecule has 84 valence electrons. The highest BCUT2D eigenvalue weighted by atomic mass is 16.3. The lowest BCUT2D eigenvalue weighted by Crippen LogP contribution is -2.38. The highest BCUT2D eigenvalue weighted by Gasteiger charge is 2.19. The average Bonchev–Trinajstić information content (AvgIpc) is 2.43. The van der Waals surface area contributed by atoms with Crippen molar-refractivity contribution in [1.82, 2.24) is 5.32 Å². The Morgan fingerprint density at radius 2 is 1.71 bits per heavy atom.